The largest absolute Gasteiger partial charge is 0.384 e. The summed E-state index contributed by atoms with van der Waals surface area (Å²) in [5, 5.41) is 0. The normalized spacial score (nSPS) is 24.3. The first-order valence-electron chi connectivity index (χ1n) is 5.10. The fourth-order valence-corrected chi connectivity index (χ4v) is 3.62. The summed E-state index contributed by atoms with van der Waals surface area (Å²) in [5.74, 6) is 0.111. The highest BCUT2D eigenvalue weighted by atomic mass is 32.2. The van der Waals surface area contributed by atoms with Gasteiger partial charge in [0.2, 0.25) is 10.0 Å². The number of nitrogens with zero attached hydrogens (tertiary/aromatic N) is 1. The maximum absolute atomic E-state index is 11.8. The lowest BCUT2D eigenvalue weighted by molar-refractivity contribution is 0.215. The summed E-state index contributed by atoms with van der Waals surface area (Å²) >= 11 is 0. The topological polar surface area (TPSA) is 46.6 Å². The Kier molecular flexibility index (Phi) is 4.34. The molecule has 0 aliphatic carbocycles. The van der Waals surface area contributed by atoms with E-state index in [4.69, 9.17) is 4.74 Å². The molecule has 0 radical (unpaired) electrons. The molecule has 1 heterocycles. The molecule has 1 fully saturated rings. The molecule has 0 aromatic carbocycles. The van der Waals surface area contributed by atoms with Crippen molar-refractivity contribution in [3.05, 3.63) is 0 Å². The minimum atomic E-state index is -3.08. The van der Waals surface area contributed by atoms with E-state index in [0.717, 1.165) is 19.3 Å². The van der Waals surface area contributed by atoms with Gasteiger partial charge in [0.25, 0.3) is 0 Å². The highest BCUT2D eigenvalue weighted by Crippen LogP contribution is 2.23. The fraction of sp³-hybridized carbons (Fsp3) is 1.00. The summed E-state index contributed by atoms with van der Waals surface area (Å²) in [6, 6.07) is 0.219. The monoisotopic (exact) mass is 221 g/mol. The van der Waals surface area contributed by atoms with E-state index in [0.29, 0.717) is 6.54 Å². The van der Waals surface area contributed by atoms with Gasteiger partial charge in [-0.2, -0.15) is 4.31 Å². The molecule has 1 saturated heterocycles. The van der Waals surface area contributed by atoms with Crippen LogP contribution in [0.3, 0.4) is 0 Å². The van der Waals surface area contributed by atoms with Gasteiger partial charge in [0.1, 0.15) is 0 Å². The van der Waals surface area contributed by atoms with Gasteiger partial charge in [0.05, 0.1) is 12.4 Å². The molecule has 1 unspecified atom stereocenters. The standard InChI is InChI=1S/C9H19NO3S/c1-3-9-5-4-6-10(9)14(11,12)8-7-13-2/h9H,3-8H2,1-2H3. The number of hydrogen-bond acceptors (Lipinski definition) is 3. The van der Waals surface area contributed by atoms with Crippen molar-refractivity contribution in [2.24, 2.45) is 0 Å². The second-order valence-electron chi connectivity index (χ2n) is 3.62. The lowest BCUT2D eigenvalue weighted by Gasteiger charge is -2.22. The predicted octanol–water partition coefficient (Wildman–Crippen LogP) is 0.837. The van der Waals surface area contributed by atoms with Crippen molar-refractivity contribution in [2.45, 2.75) is 32.2 Å². The van der Waals surface area contributed by atoms with E-state index in [9.17, 15) is 8.42 Å². The van der Waals surface area contributed by atoms with E-state index in [-0.39, 0.29) is 18.4 Å². The average molecular weight is 221 g/mol. The Morgan fingerprint density at radius 2 is 2.21 bits per heavy atom. The second kappa shape index (κ2) is 5.09. The quantitative estimate of drug-likeness (QED) is 0.691. The Morgan fingerprint density at radius 1 is 1.50 bits per heavy atom. The van der Waals surface area contributed by atoms with Crippen molar-refractivity contribution in [1.82, 2.24) is 4.31 Å². The summed E-state index contributed by atoms with van der Waals surface area (Å²) in [5.41, 5.74) is 0. The maximum Gasteiger partial charge on any atom is 0.216 e. The highest BCUT2D eigenvalue weighted by molar-refractivity contribution is 7.89. The Hall–Kier alpha value is -0.130. The average Bonchev–Trinajstić information content (AvgIpc) is 2.63. The van der Waals surface area contributed by atoms with E-state index in [1.165, 1.54) is 7.11 Å². The number of rotatable bonds is 5. The summed E-state index contributed by atoms with van der Waals surface area (Å²) in [6.45, 7) is 3.01. The maximum atomic E-state index is 11.8. The lowest BCUT2D eigenvalue weighted by atomic mass is 10.2. The highest BCUT2D eigenvalue weighted by Gasteiger charge is 2.32. The third-order valence-corrected chi connectivity index (χ3v) is 4.57. The van der Waals surface area contributed by atoms with Crippen LogP contribution in [0.15, 0.2) is 0 Å². The van der Waals surface area contributed by atoms with E-state index < -0.39 is 10.0 Å². The van der Waals surface area contributed by atoms with E-state index >= 15 is 0 Å². The van der Waals surface area contributed by atoms with E-state index in [1.54, 1.807) is 4.31 Å². The number of hydrogen-bond donors (Lipinski definition) is 0. The Labute approximate surface area is 86.3 Å². The molecule has 1 aliphatic heterocycles. The second-order valence-corrected chi connectivity index (χ2v) is 5.66. The molecule has 0 spiro atoms. The van der Waals surface area contributed by atoms with Gasteiger partial charge >= 0.3 is 0 Å². The van der Waals surface area contributed by atoms with Crippen LogP contribution in [0.5, 0.6) is 0 Å². The molecule has 5 heteroatoms. The summed E-state index contributed by atoms with van der Waals surface area (Å²) in [6.07, 6.45) is 2.90. The zero-order valence-corrected chi connectivity index (χ0v) is 9.72. The Bertz CT molecular complexity index is 263. The van der Waals surface area contributed by atoms with Crippen LogP contribution in [0.1, 0.15) is 26.2 Å². The zero-order chi connectivity index (χ0) is 10.6. The molecule has 1 aliphatic rings. The smallest absolute Gasteiger partial charge is 0.216 e. The van der Waals surface area contributed by atoms with Crippen LogP contribution in [0.4, 0.5) is 0 Å². The van der Waals surface area contributed by atoms with Gasteiger partial charge in [-0.3, -0.25) is 0 Å². The molecule has 0 saturated carbocycles. The molecule has 1 rings (SSSR count). The molecule has 1 atom stereocenters. The summed E-state index contributed by atoms with van der Waals surface area (Å²) < 4.78 is 30.1. The van der Waals surface area contributed by atoms with Crippen molar-refractivity contribution in [3.63, 3.8) is 0 Å². The van der Waals surface area contributed by atoms with Gasteiger partial charge < -0.3 is 4.74 Å². The molecular formula is C9H19NO3S. The van der Waals surface area contributed by atoms with Crippen molar-refractivity contribution >= 4 is 10.0 Å². The van der Waals surface area contributed by atoms with Crippen LogP contribution >= 0.6 is 0 Å². The van der Waals surface area contributed by atoms with Crippen LogP contribution < -0.4 is 0 Å². The van der Waals surface area contributed by atoms with E-state index in [2.05, 4.69) is 0 Å². The zero-order valence-electron chi connectivity index (χ0n) is 8.90. The molecule has 0 bridgehead atoms. The summed E-state index contributed by atoms with van der Waals surface area (Å²) in [4.78, 5) is 0. The third-order valence-electron chi connectivity index (χ3n) is 2.70. The minimum Gasteiger partial charge on any atom is -0.384 e. The molecule has 0 N–H and O–H groups in total. The molecule has 0 aromatic rings. The van der Waals surface area contributed by atoms with Gasteiger partial charge in [0.15, 0.2) is 0 Å². The molecule has 0 aromatic heterocycles. The third kappa shape index (κ3) is 2.68. The SMILES string of the molecule is CCC1CCCN1S(=O)(=O)CCOC. The van der Waals surface area contributed by atoms with Crippen molar-refractivity contribution < 1.29 is 13.2 Å². The van der Waals surface area contributed by atoms with Gasteiger partial charge in [-0.1, -0.05) is 6.92 Å². The molecule has 0 amide bonds. The molecule has 4 nitrogen and oxygen atoms in total. The van der Waals surface area contributed by atoms with Crippen LogP contribution in [-0.2, 0) is 14.8 Å². The van der Waals surface area contributed by atoms with Gasteiger partial charge in [-0.25, -0.2) is 8.42 Å². The first-order valence-corrected chi connectivity index (χ1v) is 6.71. The van der Waals surface area contributed by atoms with Gasteiger partial charge in [-0.15, -0.1) is 0 Å². The first kappa shape index (κ1) is 11.9. The van der Waals surface area contributed by atoms with Crippen molar-refractivity contribution in [2.75, 3.05) is 26.0 Å². The molecule has 84 valence electrons. The number of sulfonamides is 1. The number of ether oxygens (including phenoxy) is 1. The molecule has 14 heavy (non-hydrogen) atoms. The Morgan fingerprint density at radius 3 is 2.79 bits per heavy atom. The van der Waals surface area contributed by atoms with Crippen molar-refractivity contribution in [1.29, 1.82) is 0 Å². The lowest BCUT2D eigenvalue weighted by Crippen LogP contribution is -2.37. The van der Waals surface area contributed by atoms with Crippen LogP contribution in [0.25, 0.3) is 0 Å². The van der Waals surface area contributed by atoms with Crippen LogP contribution in [-0.4, -0.2) is 44.8 Å². The number of methoxy groups -OCH3 is 1. The fourth-order valence-electron chi connectivity index (χ4n) is 1.89. The molecular weight excluding hydrogens is 202 g/mol. The van der Waals surface area contributed by atoms with E-state index in [1.807, 2.05) is 6.92 Å². The van der Waals surface area contributed by atoms with Gasteiger partial charge in [-0.05, 0) is 19.3 Å². The van der Waals surface area contributed by atoms with Crippen LogP contribution in [0.2, 0.25) is 0 Å². The van der Waals surface area contributed by atoms with Crippen LogP contribution in [0, 0.1) is 0 Å². The predicted molar refractivity (Wildman–Crippen MR) is 55.7 cm³/mol. The Balaban J connectivity index is 2.61. The first-order chi connectivity index (χ1) is 6.61. The van der Waals surface area contributed by atoms with Crippen molar-refractivity contribution in [3.8, 4) is 0 Å². The summed E-state index contributed by atoms with van der Waals surface area (Å²) in [7, 11) is -1.55. The minimum absolute atomic E-state index is 0.111. The van der Waals surface area contributed by atoms with Gasteiger partial charge in [0, 0.05) is 19.7 Å².